The molecule has 3 heterocycles. The number of hydrogen-bond donors (Lipinski definition) is 2. The van der Waals surface area contributed by atoms with Gasteiger partial charge in [-0.3, -0.25) is 19.7 Å². The lowest BCUT2D eigenvalue weighted by Gasteiger charge is -2.36. The van der Waals surface area contributed by atoms with Gasteiger partial charge in [0, 0.05) is 60.1 Å². The highest BCUT2D eigenvalue weighted by atomic mass is 19.4. The Morgan fingerprint density at radius 3 is 2.27 bits per heavy atom. The third-order valence-corrected chi connectivity index (χ3v) is 6.55. The summed E-state index contributed by atoms with van der Waals surface area (Å²) >= 11 is 0. The maximum absolute atomic E-state index is 14.1. The van der Waals surface area contributed by atoms with E-state index in [1.807, 2.05) is 0 Å². The molecule has 3 aromatic rings. The average molecular weight is 512 g/mol. The minimum absolute atomic E-state index is 0.114. The number of imide groups is 1. The molecule has 0 aliphatic carbocycles. The zero-order valence-electron chi connectivity index (χ0n) is 19.3. The molecule has 1 aromatic heterocycles. The largest absolute Gasteiger partial charge is 0.417 e. The number of alkyl halides is 3. The number of piperazine rings is 1. The number of amides is 3. The van der Waals surface area contributed by atoms with Crippen LogP contribution in [0.25, 0.3) is 22.0 Å². The molecule has 1 fully saturated rings. The van der Waals surface area contributed by atoms with Crippen LogP contribution in [0.15, 0.2) is 55.3 Å². The molecular formula is C26H20F4N4O3. The zero-order chi connectivity index (χ0) is 26.5. The minimum Gasteiger partial charge on any atom is -0.368 e. The van der Waals surface area contributed by atoms with E-state index in [4.69, 9.17) is 0 Å². The molecule has 0 radical (unpaired) electrons. The maximum Gasteiger partial charge on any atom is 0.417 e. The van der Waals surface area contributed by atoms with E-state index in [0.717, 1.165) is 12.1 Å². The summed E-state index contributed by atoms with van der Waals surface area (Å²) in [5, 5.41) is 2.35. The van der Waals surface area contributed by atoms with Crippen molar-refractivity contribution in [3.05, 3.63) is 77.8 Å². The summed E-state index contributed by atoms with van der Waals surface area (Å²) in [6.07, 6.45) is -2.25. The Labute approximate surface area is 208 Å². The summed E-state index contributed by atoms with van der Waals surface area (Å²) in [7, 11) is 0. The van der Waals surface area contributed by atoms with Crippen molar-refractivity contribution in [2.24, 2.45) is 0 Å². The van der Waals surface area contributed by atoms with Crippen LogP contribution in [-0.2, 0) is 20.6 Å². The third-order valence-electron chi connectivity index (χ3n) is 6.55. The fourth-order valence-corrected chi connectivity index (χ4v) is 4.77. The van der Waals surface area contributed by atoms with E-state index in [0.29, 0.717) is 37.4 Å². The second-order valence-corrected chi connectivity index (χ2v) is 8.67. The molecule has 1 saturated heterocycles. The monoisotopic (exact) mass is 512 g/mol. The van der Waals surface area contributed by atoms with Crippen molar-refractivity contribution in [2.75, 3.05) is 31.1 Å². The predicted octanol–water partition coefficient (Wildman–Crippen LogP) is 3.73. The van der Waals surface area contributed by atoms with Crippen molar-refractivity contribution in [2.45, 2.75) is 6.18 Å². The highest BCUT2D eigenvalue weighted by Gasteiger charge is 2.40. The smallest absolute Gasteiger partial charge is 0.368 e. The molecule has 7 nitrogen and oxygen atoms in total. The molecule has 2 aliphatic rings. The van der Waals surface area contributed by atoms with E-state index < -0.39 is 40.5 Å². The number of aromatic amines is 1. The summed E-state index contributed by atoms with van der Waals surface area (Å²) in [6.45, 7) is 4.85. The van der Waals surface area contributed by atoms with E-state index in [9.17, 15) is 31.9 Å². The number of H-pyrrole nitrogens is 1. The first-order valence-electron chi connectivity index (χ1n) is 11.3. The quantitative estimate of drug-likeness (QED) is 0.317. The van der Waals surface area contributed by atoms with E-state index >= 15 is 0 Å². The maximum atomic E-state index is 14.1. The van der Waals surface area contributed by atoms with Crippen LogP contribution in [-0.4, -0.2) is 53.8 Å². The molecule has 0 spiro atoms. The molecule has 0 unspecified atom stereocenters. The van der Waals surface area contributed by atoms with Gasteiger partial charge in [-0.1, -0.05) is 6.58 Å². The van der Waals surface area contributed by atoms with Crippen LogP contribution >= 0.6 is 0 Å². The number of carbonyl (C=O) groups is 3. The summed E-state index contributed by atoms with van der Waals surface area (Å²) < 4.78 is 56.2. The molecule has 2 aliphatic heterocycles. The molecule has 37 heavy (non-hydrogen) atoms. The van der Waals surface area contributed by atoms with Gasteiger partial charge < -0.3 is 14.8 Å². The normalized spacial score (nSPS) is 16.5. The van der Waals surface area contributed by atoms with Crippen LogP contribution in [0.3, 0.4) is 0 Å². The van der Waals surface area contributed by atoms with Crippen molar-refractivity contribution in [3.8, 4) is 0 Å². The number of nitrogens with one attached hydrogen (secondary N) is 2. The van der Waals surface area contributed by atoms with E-state index in [1.54, 1.807) is 9.80 Å². The first-order chi connectivity index (χ1) is 17.6. The Morgan fingerprint density at radius 1 is 0.946 bits per heavy atom. The van der Waals surface area contributed by atoms with Crippen LogP contribution in [0.4, 0.5) is 23.2 Å². The number of rotatable bonds is 4. The van der Waals surface area contributed by atoms with Gasteiger partial charge >= 0.3 is 6.18 Å². The van der Waals surface area contributed by atoms with Crippen molar-refractivity contribution >= 4 is 45.5 Å². The number of nitrogens with zero attached hydrogens (tertiary/aromatic N) is 2. The Kier molecular flexibility index (Phi) is 5.85. The Bertz CT molecular complexity index is 1500. The molecule has 11 heteroatoms. The van der Waals surface area contributed by atoms with Gasteiger partial charge in [0.2, 0.25) is 5.91 Å². The Balaban J connectivity index is 1.66. The fourth-order valence-electron chi connectivity index (χ4n) is 4.77. The van der Waals surface area contributed by atoms with E-state index in [2.05, 4.69) is 16.9 Å². The first-order valence-corrected chi connectivity index (χ1v) is 11.3. The average Bonchev–Trinajstić information content (AvgIpc) is 3.41. The second-order valence-electron chi connectivity index (χ2n) is 8.67. The highest BCUT2D eigenvalue weighted by Crippen LogP contribution is 2.42. The highest BCUT2D eigenvalue weighted by molar-refractivity contribution is 6.50. The first kappa shape index (κ1) is 24.3. The topological polar surface area (TPSA) is 85.5 Å². The Hall–Kier alpha value is -4.41. The van der Waals surface area contributed by atoms with Gasteiger partial charge in [0.05, 0.1) is 16.7 Å². The fraction of sp³-hybridized carbons (Fsp3) is 0.192. The number of anilines is 1. The van der Waals surface area contributed by atoms with Gasteiger partial charge in [-0.15, -0.1) is 0 Å². The van der Waals surface area contributed by atoms with Gasteiger partial charge in [0.1, 0.15) is 5.82 Å². The van der Waals surface area contributed by atoms with E-state index in [-0.39, 0.29) is 22.4 Å². The number of benzene rings is 2. The number of halogens is 4. The van der Waals surface area contributed by atoms with Gasteiger partial charge in [0.15, 0.2) is 0 Å². The lowest BCUT2D eigenvalue weighted by Crippen LogP contribution is -2.48. The summed E-state index contributed by atoms with van der Waals surface area (Å²) in [4.78, 5) is 43.9. The molecule has 190 valence electrons. The summed E-state index contributed by atoms with van der Waals surface area (Å²) in [5.41, 5.74) is -1.29. The van der Waals surface area contributed by atoms with Gasteiger partial charge in [-0.2, -0.15) is 13.2 Å². The van der Waals surface area contributed by atoms with Crippen LogP contribution in [0, 0.1) is 5.82 Å². The van der Waals surface area contributed by atoms with Gasteiger partial charge in [-0.05, 0) is 42.5 Å². The zero-order valence-corrected chi connectivity index (χ0v) is 19.3. The standard InChI is InChI=1S/C26H20F4N4O3/c1-2-21(35)34-9-7-33(8-10-34)15-4-5-19(26(28,29)30)17(12-15)22-23(25(37)32-24(22)36)18-13-31-20-6-3-14(27)11-16(18)20/h2-6,11-13,31H,1,7-10H2,(H,32,36,37). The van der Waals surface area contributed by atoms with Gasteiger partial charge in [-0.25, -0.2) is 4.39 Å². The molecule has 0 atom stereocenters. The number of hydrogen-bond acceptors (Lipinski definition) is 4. The van der Waals surface area contributed by atoms with Crippen LogP contribution in [0.2, 0.25) is 0 Å². The van der Waals surface area contributed by atoms with Crippen LogP contribution in [0.5, 0.6) is 0 Å². The van der Waals surface area contributed by atoms with Gasteiger partial charge in [0.25, 0.3) is 11.8 Å². The molecule has 2 N–H and O–H groups in total. The van der Waals surface area contributed by atoms with Crippen LogP contribution in [0.1, 0.15) is 16.7 Å². The number of aromatic nitrogens is 1. The second kappa shape index (κ2) is 8.91. The lowest BCUT2D eigenvalue weighted by molar-refractivity contribution is -0.137. The molecule has 2 aromatic carbocycles. The molecule has 5 rings (SSSR count). The Morgan fingerprint density at radius 2 is 1.62 bits per heavy atom. The molecular weight excluding hydrogens is 492 g/mol. The predicted molar refractivity (Wildman–Crippen MR) is 129 cm³/mol. The van der Waals surface area contributed by atoms with Crippen molar-refractivity contribution in [1.29, 1.82) is 0 Å². The molecule has 3 amide bonds. The summed E-state index contributed by atoms with van der Waals surface area (Å²) in [6, 6.07) is 7.19. The molecule has 0 bridgehead atoms. The molecule has 0 saturated carbocycles. The third kappa shape index (κ3) is 4.26. The van der Waals surface area contributed by atoms with E-state index in [1.165, 1.54) is 36.5 Å². The van der Waals surface area contributed by atoms with Crippen molar-refractivity contribution < 1.29 is 31.9 Å². The van der Waals surface area contributed by atoms with Crippen molar-refractivity contribution in [1.82, 2.24) is 15.2 Å². The number of carbonyl (C=O) groups excluding carboxylic acids is 3. The number of fused-ring (bicyclic) bond motifs is 1. The van der Waals surface area contributed by atoms with Crippen LogP contribution < -0.4 is 10.2 Å². The minimum atomic E-state index is -4.82. The lowest BCUT2D eigenvalue weighted by atomic mass is 9.92. The SMILES string of the molecule is C=CC(=O)N1CCN(c2ccc(C(F)(F)F)c(C3=C(c4c[nH]c5ccc(F)cc45)C(=O)NC3=O)c2)CC1. The van der Waals surface area contributed by atoms with Crippen molar-refractivity contribution in [3.63, 3.8) is 0 Å². The summed E-state index contributed by atoms with van der Waals surface area (Å²) in [5.74, 6) is -2.69.